The van der Waals surface area contributed by atoms with Gasteiger partial charge in [0.1, 0.15) is 16.8 Å². The minimum atomic E-state index is -0.943. The van der Waals surface area contributed by atoms with Gasteiger partial charge in [-0.05, 0) is 25.0 Å². The van der Waals surface area contributed by atoms with E-state index < -0.39 is 11.0 Å². The van der Waals surface area contributed by atoms with Gasteiger partial charge in [0.15, 0.2) is 0 Å². The van der Waals surface area contributed by atoms with E-state index in [9.17, 15) is 4.21 Å². The number of nitrogens with one attached hydrogen (secondary N) is 1. The van der Waals surface area contributed by atoms with Crippen molar-refractivity contribution in [1.82, 2.24) is 4.98 Å². The first-order valence-electron chi connectivity index (χ1n) is 4.75. The molecule has 82 valence electrons. The maximum Gasteiger partial charge on any atom is 0.143 e. The average Bonchev–Trinajstić information content (AvgIpc) is 2.64. The monoisotopic (exact) mass is 227 g/mol. The van der Waals surface area contributed by atoms with Crippen molar-refractivity contribution in [3.63, 3.8) is 0 Å². The molecule has 2 rings (SSSR count). The molecule has 0 aromatic carbocycles. The summed E-state index contributed by atoms with van der Waals surface area (Å²) >= 11 is 0. The van der Waals surface area contributed by atoms with Gasteiger partial charge in [-0.15, -0.1) is 0 Å². The van der Waals surface area contributed by atoms with Crippen LogP contribution in [-0.2, 0) is 11.0 Å². The Balaban J connectivity index is 2.32. The van der Waals surface area contributed by atoms with Gasteiger partial charge in [-0.2, -0.15) is 0 Å². The van der Waals surface area contributed by atoms with E-state index in [1.54, 1.807) is 10.4 Å². The summed E-state index contributed by atoms with van der Waals surface area (Å²) < 4.78 is 13.4. The van der Waals surface area contributed by atoms with E-state index in [1.807, 2.05) is 12.4 Å². The molecule has 1 aliphatic rings. The molecule has 1 atom stereocenters. The molecule has 1 unspecified atom stereocenters. The van der Waals surface area contributed by atoms with Crippen LogP contribution in [0.2, 0.25) is 0 Å². The Bertz CT molecular complexity index is 397. The number of rotatable bonds is 2. The molecule has 5 nitrogen and oxygen atoms in total. The predicted molar refractivity (Wildman–Crippen MR) is 59.4 cm³/mol. The zero-order valence-corrected chi connectivity index (χ0v) is 9.25. The summed E-state index contributed by atoms with van der Waals surface area (Å²) in [5.74, 6) is 1.45. The third-order valence-electron chi connectivity index (χ3n) is 2.34. The molecule has 0 bridgehead atoms. The van der Waals surface area contributed by atoms with Crippen molar-refractivity contribution in [2.75, 3.05) is 22.1 Å². The minimum absolute atomic E-state index is 0.543. The highest BCUT2D eigenvalue weighted by atomic mass is 32.2. The first-order valence-corrected chi connectivity index (χ1v) is 6.03. The molecular formula is C9H13N3O2S. The van der Waals surface area contributed by atoms with Crippen LogP contribution in [0.1, 0.15) is 12.0 Å². The molecule has 15 heavy (non-hydrogen) atoms. The van der Waals surface area contributed by atoms with Crippen molar-refractivity contribution >= 4 is 22.5 Å². The minimum Gasteiger partial charge on any atom is -0.291 e. The van der Waals surface area contributed by atoms with Crippen LogP contribution in [0, 0.1) is 6.92 Å². The maximum absolute atomic E-state index is 11.6. The quantitative estimate of drug-likeness (QED) is 0.742. The molecule has 0 aliphatic carbocycles. The van der Waals surface area contributed by atoms with Crippen molar-refractivity contribution in [3.8, 4) is 0 Å². The Morgan fingerprint density at radius 1 is 1.67 bits per heavy atom. The molecule has 0 saturated carbocycles. The average molecular weight is 227 g/mol. The van der Waals surface area contributed by atoms with E-state index in [0.717, 1.165) is 24.3 Å². The summed E-state index contributed by atoms with van der Waals surface area (Å²) in [6.07, 6.45) is 2.46. The van der Waals surface area contributed by atoms with Gasteiger partial charge < -0.3 is 0 Å². The van der Waals surface area contributed by atoms with Crippen LogP contribution in [0.15, 0.2) is 12.3 Å². The molecule has 0 radical (unpaired) electrons. The Morgan fingerprint density at radius 3 is 3.00 bits per heavy atom. The lowest BCUT2D eigenvalue weighted by molar-refractivity contribution is 0.388. The third kappa shape index (κ3) is 1.95. The lowest BCUT2D eigenvalue weighted by Crippen LogP contribution is -2.21. The number of anilines is 2. The van der Waals surface area contributed by atoms with E-state index in [1.165, 1.54) is 6.20 Å². The van der Waals surface area contributed by atoms with Gasteiger partial charge in [0.05, 0.1) is 11.9 Å². The second kappa shape index (κ2) is 4.16. The molecule has 1 aromatic heterocycles. The Morgan fingerprint density at radius 2 is 2.47 bits per heavy atom. The summed E-state index contributed by atoms with van der Waals surface area (Å²) in [5.41, 5.74) is 3.49. The Kier molecular flexibility index (Phi) is 2.88. The van der Waals surface area contributed by atoms with Gasteiger partial charge in [0, 0.05) is 12.3 Å². The van der Waals surface area contributed by atoms with E-state index >= 15 is 0 Å². The number of nitrogens with zero attached hydrogens (tertiary/aromatic N) is 2. The van der Waals surface area contributed by atoms with E-state index in [-0.39, 0.29) is 0 Å². The standard InChI is InChI=1S/C9H13N3O2S/c1-7-5-8(11-13)6-10-9(7)12-3-2-4-15(12)14/h5-6,11,13H,2-4H2,1H3. The molecule has 2 N–H and O–H groups in total. The summed E-state index contributed by atoms with van der Waals surface area (Å²) in [6.45, 7) is 2.67. The van der Waals surface area contributed by atoms with E-state index in [0.29, 0.717) is 11.4 Å². The SMILES string of the molecule is Cc1cc(NO)cnc1N1CCCS1=O. The smallest absolute Gasteiger partial charge is 0.143 e. The fourth-order valence-corrected chi connectivity index (χ4v) is 2.95. The normalized spacial score (nSPS) is 20.7. The Labute approximate surface area is 90.7 Å². The number of hydrogen-bond acceptors (Lipinski definition) is 4. The second-order valence-corrected chi connectivity index (χ2v) is 4.95. The molecular weight excluding hydrogens is 214 g/mol. The first-order chi connectivity index (χ1) is 7.22. The van der Waals surface area contributed by atoms with Gasteiger partial charge in [-0.1, -0.05) is 0 Å². The van der Waals surface area contributed by atoms with Gasteiger partial charge in [0.2, 0.25) is 0 Å². The first kappa shape index (κ1) is 10.4. The summed E-state index contributed by atoms with van der Waals surface area (Å²) in [7, 11) is -0.943. The lowest BCUT2D eigenvalue weighted by atomic mass is 10.2. The number of aryl methyl sites for hydroxylation is 1. The van der Waals surface area contributed by atoms with Crippen LogP contribution in [0.4, 0.5) is 11.5 Å². The number of pyridine rings is 1. The van der Waals surface area contributed by atoms with Gasteiger partial charge >= 0.3 is 0 Å². The van der Waals surface area contributed by atoms with Crippen molar-refractivity contribution in [3.05, 3.63) is 17.8 Å². The molecule has 0 spiro atoms. The maximum atomic E-state index is 11.6. The molecule has 1 aromatic rings. The van der Waals surface area contributed by atoms with Crippen LogP contribution >= 0.6 is 0 Å². The van der Waals surface area contributed by atoms with Crippen LogP contribution in [0.25, 0.3) is 0 Å². The summed E-state index contributed by atoms with van der Waals surface area (Å²) in [6, 6.07) is 1.78. The molecule has 0 amide bonds. The summed E-state index contributed by atoms with van der Waals surface area (Å²) in [4.78, 5) is 4.19. The van der Waals surface area contributed by atoms with E-state index in [2.05, 4.69) is 4.98 Å². The predicted octanol–water partition coefficient (Wildman–Crippen LogP) is 1.06. The van der Waals surface area contributed by atoms with Crippen LogP contribution in [-0.4, -0.2) is 26.7 Å². The Hall–Kier alpha value is -1.14. The van der Waals surface area contributed by atoms with Crippen LogP contribution in [0.3, 0.4) is 0 Å². The number of aromatic nitrogens is 1. The van der Waals surface area contributed by atoms with Crippen molar-refractivity contribution in [2.24, 2.45) is 0 Å². The topological polar surface area (TPSA) is 65.5 Å². The molecule has 1 saturated heterocycles. The van der Waals surface area contributed by atoms with Crippen LogP contribution < -0.4 is 9.79 Å². The van der Waals surface area contributed by atoms with Gasteiger partial charge in [0.25, 0.3) is 0 Å². The van der Waals surface area contributed by atoms with Crippen molar-refractivity contribution in [1.29, 1.82) is 0 Å². The molecule has 1 fully saturated rings. The van der Waals surface area contributed by atoms with Crippen molar-refractivity contribution < 1.29 is 9.42 Å². The molecule has 1 aliphatic heterocycles. The highest BCUT2D eigenvalue weighted by Crippen LogP contribution is 2.24. The van der Waals surface area contributed by atoms with E-state index in [4.69, 9.17) is 5.21 Å². The molecule has 6 heteroatoms. The van der Waals surface area contributed by atoms with Crippen molar-refractivity contribution in [2.45, 2.75) is 13.3 Å². The van der Waals surface area contributed by atoms with Gasteiger partial charge in [-0.25, -0.2) is 9.19 Å². The molecule has 2 heterocycles. The fourth-order valence-electron chi connectivity index (χ4n) is 1.64. The highest BCUT2D eigenvalue weighted by Gasteiger charge is 2.22. The third-order valence-corrected chi connectivity index (χ3v) is 3.83. The number of hydrogen-bond donors (Lipinski definition) is 2. The highest BCUT2D eigenvalue weighted by molar-refractivity contribution is 7.86. The zero-order chi connectivity index (χ0) is 10.8. The zero-order valence-electron chi connectivity index (χ0n) is 8.43. The van der Waals surface area contributed by atoms with Gasteiger partial charge in [-0.3, -0.25) is 15.0 Å². The summed E-state index contributed by atoms with van der Waals surface area (Å²) in [5, 5.41) is 8.71. The fraction of sp³-hybridized carbons (Fsp3) is 0.444. The second-order valence-electron chi connectivity index (χ2n) is 3.46. The van der Waals surface area contributed by atoms with Crippen LogP contribution in [0.5, 0.6) is 0 Å². The lowest BCUT2D eigenvalue weighted by Gasteiger charge is -2.17. The largest absolute Gasteiger partial charge is 0.291 e.